The Balaban J connectivity index is 2.57. The highest BCUT2D eigenvalue weighted by Gasteiger charge is 2.16. The predicted molar refractivity (Wildman–Crippen MR) is 29.0 cm³/mol. The molecular weight excluding hydrogens is 128 g/mol. The molecule has 1 N–H and O–H groups in total. The van der Waals surface area contributed by atoms with Crippen LogP contribution >= 0.6 is 11.9 Å². The first-order valence-corrected chi connectivity index (χ1v) is 2.70. The van der Waals surface area contributed by atoms with E-state index in [0.29, 0.717) is 0 Å². The summed E-state index contributed by atoms with van der Waals surface area (Å²) in [5.74, 6) is 0. The molecule has 0 aromatic carbocycles. The molecule has 1 aliphatic rings. The van der Waals surface area contributed by atoms with Crippen LogP contribution in [-0.2, 0) is 0 Å². The molecule has 1 aliphatic heterocycles. The second kappa shape index (κ2) is 2.15. The molecule has 42 valence electrons. The van der Waals surface area contributed by atoms with Crippen LogP contribution in [0.15, 0.2) is 11.1 Å². The fourth-order valence-corrected chi connectivity index (χ4v) is 0.764. The van der Waals surface area contributed by atoms with Crippen molar-refractivity contribution in [3.05, 3.63) is 27.8 Å². The van der Waals surface area contributed by atoms with E-state index in [9.17, 15) is 10.1 Å². The van der Waals surface area contributed by atoms with Gasteiger partial charge in [0.1, 0.15) is 0 Å². The average molecular weight is 130 g/mol. The molecule has 0 unspecified atom stereocenters. The molecule has 2 radical (unpaired) electrons. The third-order valence-corrected chi connectivity index (χ3v) is 1.17. The van der Waals surface area contributed by atoms with Crippen LogP contribution in [0.3, 0.4) is 0 Å². The summed E-state index contributed by atoms with van der Waals surface area (Å²) in [7, 11) is 0. The van der Waals surface area contributed by atoms with Gasteiger partial charge < -0.3 is 0 Å². The maximum atomic E-state index is 9.82. The van der Waals surface area contributed by atoms with E-state index in [2.05, 4.69) is 11.3 Å². The molecule has 0 spiro atoms. The van der Waals surface area contributed by atoms with Crippen molar-refractivity contribution < 1.29 is 4.92 Å². The van der Waals surface area contributed by atoms with Gasteiger partial charge in [-0.1, -0.05) is 0 Å². The van der Waals surface area contributed by atoms with Gasteiger partial charge >= 0.3 is 0 Å². The zero-order valence-electron chi connectivity index (χ0n) is 3.75. The summed E-state index contributed by atoms with van der Waals surface area (Å²) in [6.45, 7) is 2.33. The highest BCUT2D eigenvalue weighted by Crippen LogP contribution is 2.14. The highest BCUT2D eigenvalue weighted by molar-refractivity contribution is 8.00. The molecule has 5 heteroatoms. The summed E-state index contributed by atoms with van der Waals surface area (Å²) >= 11 is 1.15. The van der Waals surface area contributed by atoms with E-state index >= 15 is 0 Å². The van der Waals surface area contributed by atoms with Crippen LogP contribution < -0.4 is 4.72 Å². The molecule has 0 fully saturated rings. The van der Waals surface area contributed by atoms with Gasteiger partial charge in [-0.3, -0.25) is 10.1 Å². The molecule has 4 nitrogen and oxygen atoms in total. The minimum Gasteiger partial charge on any atom is -0.259 e. The topological polar surface area (TPSA) is 55.2 Å². The summed E-state index contributed by atoms with van der Waals surface area (Å²) in [6.07, 6.45) is 0. The Morgan fingerprint density at radius 2 is 2.75 bits per heavy atom. The first-order chi connectivity index (χ1) is 3.80. The van der Waals surface area contributed by atoms with Crippen molar-refractivity contribution in [1.29, 1.82) is 0 Å². The van der Waals surface area contributed by atoms with Crippen LogP contribution in [0.4, 0.5) is 0 Å². The number of nitro groups is 1. The van der Waals surface area contributed by atoms with E-state index in [0.717, 1.165) is 11.9 Å². The van der Waals surface area contributed by atoms with Crippen LogP contribution in [-0.4, -0.2) is 4.92 Å². The Bertz CT molecular complexity index is 144. The summed E-state index contributed by atoms with van der Waals surface area (Å²) in [4.78, 5) is 9.33. The maximum Gasteiger partial charge on any atom is 0.279 e. The van der Waals surface area contributed by atoms with Crippen molar-refractivity contribution in [2.75, 3.05) is 0 Å². The molecule has 0 aliphatic carbocycles. The van der Waals surface area contributed by atoms with Crippen molar-refractivity contribution in [1.82, 2.24) is 4.72 Å². The second-order valence-electron chi connectivity index (χ2n) is 1.11. The molecule has 1 heterocycles. The zero-order chi connectivity index (χ0) is 5.98. The smallest absolute Gasteiger partial charge is 0.259 e. The molecule has 1 rings (SSSR count). The lowest BCUT2D eigenvalue weighted by Gasteiger charge is -1.82. The Morgan fingerprint density at radius 3 is 3.00 bits per heavy atom. The molecule has 0 bridgehead atoms. The van der Waals surface area contributed by atoms with Gasteiger partial charge in [-0.15, -0.1) is 0 Å². The Morgan fingerprint density at radius 1 is 2.00 bits per heavy atom. The predicted octanol–water partition coefficient (Wildman–Crippen LogP) is 0.395. The number of hydrogen-bond donors (Lipinski definition) is 1. The minimum absolute atomic E-state index is 0.00463. The molecule has 0 amide bonds. The zero-order valence-corrected chi connectivity index (χ0v) is 4.57. The molecule has 0 aromatic heterocycles. The lowest BCUT2D eigenvalue weighted by Crippen LogP contribution is -2.00. The Kier molecular flexibility index (Phi) is 1.50. The Labute approximate surface area is 50.2 Å². The van der Waals surface area contributed by atoms with Crippen molar-refractivity contribution in [2.24, 2.45) is 0 Å². The lowest BCUT2D eigenvalue weighted by atomic mass is 10.5. The van der Waals surface area contributed by atoms with Crippen molar-refractivity contribution in [3.63, 3.8) is 0 Å². The molecule has 0 aromatic rings. The molecular formula is C3H2N2O2S. The van der Waals surface area contributed by atoms with Crippen molar-refractivity contribution in [3.8, 4) is 0 Å². The summed E-state index contributed by atoms with van der Waals surface area (Å²) in [5.41, 5.74) is -0.00463. The van der Waals surface area contributed by atoms with Gasteiger partial charge in [0.25, 0.3) is 5.70 Å². The third kappa shape index (κ3) is 0.988. The van der Waals surface area contributed by atoms with E-state index in [1.807, 2.05) is 0 Å². The first-order valence-electron chi connectivity index (χ1n) is 1.82. The maximum absolute atomic E-state index is 9.82. The van der Waals surface area contributed by atoms with E-state index in [1.54, 1.807) is 0 Å². The first kappa shape index (κ1) is 5.58. The quantitative estimate of drug-likeness (QED) is 0.317. The van der Waals surface area contributed by atoms with Crippen LogP contribution in [0.2, 0.25) is 0 Å². The number of nitrogens with one attached hydrogen (secondary N) is 1. The molecule has 0 atom stereocenters. The molecule has 8 heavy (non-hydrogen) atoms. The average Bonchev–Trinajstić information content (AvgIpc) is 2.12. The number of nitrogens with zero attached hydrogens (tertiary/aromatic N) is 1. The SMILES string of the molecule is O=[N+]([O-])C1=CSN[C]1. The van der Waals surface area contributed by atoms with Gasteiger partial charge in [0, 0.05) is 0 Å². The van der Waals surface area contributed by atoms with Crippen LogP contribution in [0, 0.1) is 16.7 Å². The summed E-state index contributed by atoms with van der Waals surface area (Å²) < 4.78 is 2.49. The van der Waals surface area contributed by atoms with Gasteiger partial charge in [0.2, 0.25) is 0 Å². The number of rotatable bonds is 1. The van der Waals surface area contributed by atoms with Crippen LogP contribution in [0.5, 0.6) is 0 Å². The van der Waals surface area contributed by atoms with Crippen LogP contribution in [0.1, 0.15) is 0 Å². The van der Waals surface area contributed by atoms with Crippen molar-refractivity contribution >= 4 is 11.9 Å². The molecule has 0 saturated heterocycles. The summed E-state index contributed by atoms with van der Waals surface area (Å²) in [6, 6.07) is 0. The van der Waals surface area contributed by atoms with E-state index in [4.69, 9.17) is 0 Å². The fraction of sp³-hybridized carbons (Fsp3) is 0. The van der Waals surface area contributed by atoms with Gasteiger partial charge in [-0.05, 0) is 11.9 Å². The van der Waals surface area contributed by atoms with Crippen molar-refractivity contribution in [2.45, 2.75) is 0 Å². The van der Waals surface area contributed by atoms with Gasteiger partial charge in [0.05, 0.1) is 10.3 Å². The standard InChI is InChI=1S/C3H2N2O2S/c6-5(7)3-1-4-8-2-3/h2,4H. The van der Waals surface area contributed by atoms with Gasteiger partial charge in [-0.2, -0.15) is 0 Å². The van der Waals surface area contributed by atoms with Gasteiger partial charge in [0.15, 0.2) is 6.54 Å². The normalized spacial score (nSPS) is 18.2. The number of hydrogen-bond acceptors (Lipinski definition) is 4. The second-order valence-corrected chi connectivity index (χ2v) is 1.78. The lowest BCUT2D eigenvalue weighted by molar-refractivity contribution is -0.421. The van der Waals surface area contributed by atoms with E-state index in [-0.39, 0.29) is 5.70 Å². The third-order valence-electron chi connectivity index (χ3n) is 0.605. The monoisotopic (exact) mass is 130 g/mol. The van der Waals surface area contributed by atoms with E-state index < -0.39 is 4.92 Å². The fourth-order valence-electron chi connectivity index (χ4n) is 0.285. The van der Waals surface area contributed by atoms with Crippen LogP contribution in [0.25, 0.3) is 0 Å². The highest BCUT2D eigenvalue weighted by atomic mass is 32.2. The minimum atomic E-state index is -0.493. The summed E-state index contributed by atoms with van der Waals surface area (Å²) in [5, 5.41) is 11.2. The van der Waals surface area contributed by atoms with E-state index in [1.165, 1.54) is 5.41 Å². The molecule has 0 saturated carbocycles. The van der Waals surface area contributed by atoms with Gasteiger partial charge in [-0.25, -0.2) is 4.72 Å². The Hall–Kier alpha value is -0.550. The largest absolute Gasteiger partial charge is 0.279 e.